The number of pyridine rings is 1. The minimum Gasteiger partial charge on any atom is -0.309 e. The first-order valence-corrected chi connectivity index (χ1v) is 6.62. The van der Waals surface area contributed by atoms with Gasteiger partial charge in [0, 0.05) is 12.2 Å². The third-order valence-electron chi connectivity index (χ3n) is 3.33. The molecular weight excluding hydrogens is 226 g/mol. The number of hydrogen-bond donors (Lipinski definition) is 1. The van der Waals surface area contributed by atoms with Crippen molar-refractivity contribution in [1.29, 1.82) is 0 Å². The molecule has 1 aromatic heterocycles. The maximum Gasteiger partial charge on any atom is 0.244 e. The van der Waals surface area contributed by atoms with E-state index in [-0.39, 0.29) is 11.9 Å². The summed E-state index contributed by atoms with van der Waals surface area (Å²) in [5.74, 6) is 0.178. The van der Waals surface area contributed by atoms with Crippen molar-refractivity contribution in [2.75, 3.05) is 18.0 Å². The number of aryl methyl sites for hydroxylation is 2. The fourth-order valence-electron chi connectivity index (χ4n) is 2.39. The van der Waals surface area contributed by atoms with Crippen LogP contribution in [0.25, 0.3) is 0 Å². The second-order valence-corrected chi connectivity index (χ2v) is 4.84. The van der Waals surface area contributed by atoms with Crippen LogP contribution >= 0.6 is 0 Å². The molecule has 2 rings (SSSR count). The van der Waals surface area contributed by atoms with Crippen molar-refractivity contribution >= 4 is 11.6 Å². The Morgan fingerprint density at radius 3 is 2.89 bits per heavy atom. The fourth-order valence-corrected chi connectivity index (χ4v) is 2.39. The van der Waals surface area contributed by atoms with Gasteiger partial charge in [0.1, 0.15) is 0 Å². The molecule has 1 amide bonds. The molecule has 1 atom stereocenters. The summed E-state index contributed by atoms with van der Waals surface area (Å²) >= 11 is 0. The fraction of sp³-hybridized carbons (Fsp3) is 0.571. The Kier molecular flexibility index (Phi) is 3.97. The van der Waals surface area contributed by atoms with E-state index >= 15 is 0 Å². The molecule has 4 nitrogen and oxygen atoms in total. The van der Waals surface area contributed by atoms with Gasteiger partial charge in [0.05, 0.1) is 17.4 Å². The van der Waals surface area contributed by atoms with E-state index in [1.54, 1.807) is 0 Å². The summed E-state index contributed by atoms with van der Waals surface area (Å²) < 4.78 is 0. The van der Waals surface area contributed by atoms with Crippen LogP contribution in [0.2, 0.25) is 0 Å². The van der Waals surface area contributed by atoms with Crippen molar-refractivity contribution in [1.82, 2.24) is 10.3 Å². The monoisotopic (exact) mass is 247 g/mol. The van der Waals surface area contributed by atoms with Crippen molar-refractivity contribution in [3.63, 3.8) is 0 Å². The van der Waals surface area contributed by atoms with Gasteiger partial charge in [-0.05, 0) is 45.4 Å². The first-order valence-electron chi connectivity index (χ1n) is 6.62. The highest BCUT2D eigenvalue weighted by Gasteiger charge is 2.32. The Hall–Kier alpha value is -1.42. The number of rotatable bonds is 4. The molecule has 18 heavy (non-hydrogen) atoms. The maximum absolute atomic E-state index is 12.3. The highest BCUT2D eigenvalue weighted by atomic mass is 16.2. The number of nitrogens with one attached hydrogen (secondary N) is 1. The molecule has 0 aliphatic carbocycles. The minimum atomic E-state index is -0.0225. The third-order valence-corrected chi connectivity index (χ3v) is 3.33. The van der Waals surface area contributed by atoms with E-state index in [0.29, 0.717) is 0 Å². The van der Waals surface area contributed by atoms with Crippen molar-refractivity contribution in [3.8, 4) is 0 Å². The van der Waals surface area contributed by atoms with E-state index in [0.717, 1.165) is 43.0 Å². The molecule has 1 aliphatic heterocycles. The van der Waals surface area contributed by atoms with Crippen LogP contribution in [0.4, 0.5) is 5.69 Å². The standard InChI is InChI=1S/C14H21N3O/c1-4-8-15-12-7-9-17(14(12)18)13-6-5-10(2)16-11(13)3/h5-6,12,15H,4,7-9H2,1-3H3. The molecule has 1 aliphatic rings. The quantitative estimate of drug-likeness (QED) is 0.882. The first-order chi connectivity index (χ1) is 8.63. The number of carbonyl (C=O) groups is 1. The predicted molar refractivity (Wildman–Crippen MR) is 72.8 cm³/mol. The molecule has 1 saturated heterocycles. The number of carbonyl (C=O) groups excluding carboxylic acids is 1. The van der Waals surface area contributed by atoms with Gasteiger partial charge in [-0.2, -0.15) is 0 Å². The van der Waals surface area contributed by atoms with E-state index in [4.69, 9.17) is 0 Å². The molecule has 1 aromatic rings. The highest BCUT2D eigenvalue weighted by Crippen LogP contribution is 2.24. The van der Waals surface area contributed by atoms with E-state index in [9.17, 15) is 4.79 Å². The van der Waals surface area contributed by atoms with Crippen molar-refractivity contribution < 1.29 is 4.79 Å². The van der Waals surface area contributed by atoms with Gasteiger partial charge in [-0.3, -0.25) is 9.78 Å². The smallest absolute Gasteiger partial charge is 0.244 e. The summed E-state index contributed by atoms with van der Waals surface area (Å²) in [6.45, 7) is 7.72. The van der Waals surface area contributed by atoms with Gasteiger partial charge in [0.25, 0.3) is 0 Å². The van der Waals surface area contributed by atoms with Crippen LogP contribution in [0.5, 0.6) is 0 Å². The molecular formula is C14H21N3O. The lowest BCUT2D eigenvalue weighted by Crippen LogP contribution is -2.38. The topological polar surface area (TPSA) is 45.2 Å². The van der Waals surface area contributed by atoms with Gasteiger partial charge in [-0.1, -0.05) is 6.92 Å². The second kappa shape index (κ2) is 5.48. The van der Waals surface area contributed by atoms with Crippen LogP contribution in [-0.4, -0.2) is 30.0 Å². The van der Waals surface area contributed by atoms with Gasteiger partial charge in [0.15, 0.2) is 0 Å². The minimum absolute atomic E-state index is 0.0225. The molecule has 0 saturated carbocycles. The summed E-state index contributed by atoms with van der Waals surface area (Å²) in [6.07, 6.45) is 1.93. The normalized spacial score (nSPS) is 19.6. The van der Waals surface area contributed by atoms with Gasteiger partial charge >= 0.3 is 0 Å². The molecule has 0 bridgehead atoms. The molecule has 1 fully saturated rings. The van der Waals surface area contributed by atoms with E-state index < -0.39 is 0 Å². The summed E-state index contributed by atoms with van der Waals surface area (Å²) in [7, 11) is 0. The summed E-state index contributed by atoms with van der Waals surface area (Å²) in [4.78, 5) is 18.6. The van der Waals surface area contributed by atoms with Crippen LogP contribution in [0.15, 0.2) is 12.1 Å². The SMILES string of the molecule is CCCNC1CCN(c2ccc(C)nc2C)C1=O. The Morgan fingerprint density at radius 1 is 1.44 bits per heavy atom. The first kappa shape index (κ1) is 13.0. The Labute approximate surface area is 108 Å². The molecule has 98 valence electrons. The van der Waals surface area contributed by atoms with Crippen LogP contribution in [0.3, 0.4) is 0 Å². The zero-order valence-corrected chi connectivity index (χ0v) is 11.4. The number of nitrogens with zero attached hydrogens (tertiary/aromatic N) is 2. The summed E-state index contributed by atoms with van der Waals surface area (Å²) in [5.41, 5.74) is 2.87. The Balaban J connectivity index is 2.13. The molecule has 0 radical (unpaired) electrons. The maximum atomic E-state index is 12.3. The molecule has 1 N–H and O–H groups in total. The molecule has 1 unspecified atom stereocenters. The summed E-state index contributed by atoms with van der Waals surface area (Å²) in [6, 6.07) is 3.94. The Morgan fingerprint density at radius 2 is 2.22 bits per heavy atom. The zero-order chi connectivity index (χ0) is 13.1. The van der Waals surface area contributed by atoms with Crippen molar-refractivity contribution in [3.05, 3.63) is 23.5 Å². The van der Waals surface area contributed by atoms with Gasteiger partial charge in [-0.25, -0.2) is 0 Å². The third kappa shape index (κ3) is 2.53. The number of hydrogen-bond acceptors (Lipinski definition) is 3. The van der Waals surface area contributed by atoms with Crippen LogP contribution in [-0.2, 0) is 4.79 Å². The second-order valence-electron chi connectivity index (χ2n) is 4.84. The average Bonchev–Trinajstić information content (AvgIpc) is 2.68. The predicted octanol–water partition coefficient (Wildman–Crippen LogP) is 1.80. The van der Waals surface area contributed by atoms with E-state index in [1.165, 1.54) is 0 Å². The highest BCUT2D eigenvalue weighted by molar-refractivity contribution is 5.99. The number of amides is 1. The molecule has 4 heteroatoms. The van der Waals surface area contributed by atoms with Crippen molar-refractivity contribution in [2.45, 2.75) is 39.7 Å². The van der Waals surface area contributed by atoms with Crippen LogP contribution in [0, 0.1) is 13.8 Å². The van der Waals surface area contributed by atoms with Gasteiger partial charge in [0.2, 0.25) is 5.91 Å². The molecule has 0 spiro atoms. The Bertz CT molecular complexity index is 445. The lowest BCUT2D eigenvalue weighted by Gasteiger charge is -2.19. The molecule has 2 heterocycles. The average molecular weight is 247 g/mol. The lowest BCUT2D eigenvalue weighted by molar-refractivity contribution is -0.118. The number of anilines is 1. The van der Waals surface area contributed by atoms with Crippen LogP contribution < -0.4 is 10.2 Å². The van der Waals surface area contributed by atoms with E-state index in [1.807, 2.05) is 30.9 Å². The lowest BCUT2D eigenvalue weighted by atomic mass is 10.2. The molecule has 0 aromatic carbocycles. The van der Waals surface area contributed by atoms with Crippen molar-refractivity contribution in [2.24, 2.45) is 0 Å². The zero-order valence-electron chi connectivity index (χ0n) is 11.4. The summed E-state index contributed by atoms with van der Waals surface area (Å²) in [5, 5.41) is 3.30. The van der Waals surface area contributed by atoms with Crippen LogP contribution in [0.1, 0.15) is 31.2 Å². The number of aromatic nitrogens is 1. The van der Waals surface area contributed by atoms with Gasteiger partial charge < -0.3 is 10.2 Å². The largest absolute Gasteiger partial charge is 0.309 e. The van der Waals surface area contributed by atoms with E-state index in [2.05, 4.69) is 17.2 Å². The van der Waals surface area contributed by atoms with Gasteiger partial charge in [-0.15, -0.1) is 0 Å².